The molecule has 2 heterocycles. The van der Waals surface area contributed by atoms with Gasteiger partial charge in [-0.05, 0) is 18.4 Å². The van der Waals surface area contributed by atoms with Gasteiger partial charge in [-0.15, -0.1) is 0 Å². The minimum atomic E-state index is 0.581. The summed E-state index contributed by atoms with van der Waals surface area (Å²) in [4.78, 5) is 11.1. The summed E-state index contributed by atoms with van der Waals surface area (Å²) in [5.41, 5.74) is 1.16. The fraction of sp³-hybridized carbons (Fsp3) is 0.684. The Labute approximate surface area is 157 Å². The summed E-state index contributed by atoms with van der Waals surface area (Å²) in [6, 6.07) is 4.08. The van der Waals surface area contributed by atoms with Gasteiger partial charge < -0.3 is 25.0 Å². The highest BCUT2D eigenvalue weighted by Crippen LogP contribution is 2.18. The Balaban J connectivity index is 1.76. The van der Waals surface area contributed by atoms with Crippen molar-refractivity contribution in [2.75, 3.05) is 58.0 Å². The Morgan fingerprint density at radius 1 is 1.35 bits per heavy atom. The lowest BCUT2D eigenvalue weighted by atomic mass is 10.2. The first-order valence-corrected chi connectivity index (χ1v) is 9.49. The van der Waals surface area contributed by atoms with Crippen molar-refractivity contribution in [2.24, 2.45) is 10.9 Å². The highest BCUT2D eigenvalue weighted by Gasteiger charge is 2.15. The first-order chi connectivity index (χ1) is 12.7. The van der Waals surface area contributed by atoms with Crippen LogP contribution in [0.3, 0.4) is 0 Å². The van der Waals surface area contributed by atoms with Gasteiger partial charge in [-0.2, -0.15) is 0 Å². The SMILES string of the molecule is CN=C(NCCCOCC(C)C)NCc1cccnc1N1CCOCC1. The molecule has 0 saturated carbocycles. The maximum absolute atomic E-state index is 5.60. The first kappa shape index (κ1) is 20.5. The molecule has 1 aliphatic heterocycles. The van der Waals surface area contributed by atoms with Crippen LogP contribution < -0.4 is 15.5 Å². The quantitative estimate of drug-likeness (QED) is 0.395. The van der Waals surface area contributed by atoms with Gasteiger partial charge in [0, 0.05) is 58.2 Å². The number of aliphatic imine (C=N–C) groups is 1. The number of hydrogen-bond acceptors (Lipinski definition) is 5. The number of nitrogens with zero attached hydrogens (tertiary/aromatic N) is 3. The molecule has 1 fully saturated rings. The minimum absolute atomic E-state index is 0.581. The number of aromatic nitrogens is 1. The van der Waals surface area contributed by atoms with E-state index >= 15 is 0 Å². The number of hydrogen-bond donors (Lipinski definition) is 2. The van der Waals surface area contributed by atoms with Gasteiger partial charge in [0.05, 0.1) is 13.2 Å². The second kappa shape index (κ2) is 11.7. The number of nitrogens with one attached hydrogen (secondary N) is 2. The lowest BCUT2D eigenvalue weighted by Crippen LogP contribution is -2.39. The monoisotopic (exact) mass is 363 g/mol. The van der Waals surface area contributed by atoms with Crippen molar-refractivity contribution in [1.82, 2.24) is 15.6 Å². The van der Waals surface area contributed by atoms with Crippen molar-refractivity contribution in [3.05, 3.63) is 23.9 Å². The molecule has 0 amide bonds. The van der Waals surface area contributed by atoms with Crippen molar-refractivity contribution >= 4 is 11.8 Å². The van der Waals surface area contributed by atoms with E-state index in [4.69, 9.17) is 9.47 Å². The highest BCUT2D eigenvalue weighted by molar-refractivity contribution is 5.79. The number of morpholine rings is 1. The van der Waals surface area contributed by atoms with E-state index in [9.17, 15) is 0 Å². The van der Waals surface area contributed by atoms with E-state index in [1.54, 1.807) is 7.05 Å². The van der Waals surface area contributed by atoms with E-state index in [1.165, 1.54) is 0 Å². The van der Waals surface area contributed by atoms with Crippen LogP contribution in [0.5, 0.6) is 0 Å². The zero-order valence-corrected chi connectivity index (χ0v) is 16.3. The second-order valence-corrected chi connectivity index (χ2v) is 6.76. The number of ether oxygens (including phenoxy) is 2. The smallest absolute Gasteiger partial charge is 0.191 e. The maximum atomic E-state index is 5.60. The van der Waals surface area contributed by atoms with Gasteiger partial charge >= 0.3 is 0 Å². The molecule has 1 aliphatic rings. The van der Waals surface area contributed by atoms with Gasteiger partial charge in [0.25, 0.3) is 0 Å². The number of anilines is 1. The van der Waals surface area contributed by atoms with E-state index in [1.807, 2.05) is 12.3 Å². The van der Waals surface area contributed by atoms with Crippen LogP contribution in [-0.2, 0) is 16.0 Å². The van der Waals surface area contributed by atoms with Crippen LogP contribution in [0.2, 0.25) is 0 Å². The van der Waals surface area contributed by atoms with Crippen LogP contribution in [0, 0.1) is 5.92 Å². The molecule has 1 aromatic heterocycles. The van der Waals surface area contributed by atoms with Crippen molar-refractivity contribution in [2.45, 2.75) is 26.8 Å². The normalized spacial score (nSPS) is 15.4. The fourth-order valence-electron chi connectivity index (χ4n) is 2.73. The molecule has 0 unspecified atom stereocenters. The van der Waals surface area contributed by atoms with Gasteiger partial charge in [-0.1, -0.05) is 19.9 Å². The largest absolute Gasteiger partial charge is 0.381 e. The van der Waals surface area contributed by atoms with Crippen LogP contribution in [0.4, 0.5) is 5.82 Å². The Morgan fingerprint density at radius 3 is 2.88 bits per heavy atom. The van der Waals surface area contributed by atoms with Gasteiger partial charge in [0.1, 0.15) is 5.82 Å². The molecule has 1 aromatic rings. The topological polar surface area (TPSA) is 71.0 Å². The van der Waals surface area contributed by atoms with Gasteiger partial charge in [0.15, 0.2) is 5.96 Å². The van der Waals surface area contributed by atoms with Gasteiger partial charge in [-0.3, -0.25) is 4.99 Å². The summed E-state index contributed by atoms with van der Waals surface area (Å²) in [6.07, 6.45) is 2.80. The molecular weight excluding hydrogens is 330 g/mol. The lowest BCUT2D eigenvalue weighted by molar-refractivity contribution is 0.108. The van der Waals surface area contributed by atoms with E-state index in [0.29, 0.717) is 12.5 Å². The average Bonchev–Trinajstić information content (AvgIpc) is 2.67. The molecule has 0 atom stereocenters. The van der Waals surface area contributed by atoms with Gasteiger partial charge in [-0.25, -0.2) is 4.98 Å². The molecule has 0 radical (unpaired) electrons. The standard InChI is InChI=1S/C19H33N5O2/c1-16(2)15-26-11-5-8-22-19(20-3)23-14-17-6-4-7-21-18(17)24-9-12-25-13-10-24/h4,6-7,16H,5,8-15H2,1-3H3,(H2,20,22,23). The summed E-state index contributed by atoms with van der Waals surface area (Å²) < 4.78 is 11.0. The zero-order chi connectivity index (χ0) is 18.6. The molecule has 0 bridgehead atoms. The first-order valence-electron chi connectivity index (χ1n) is 9.49. The van der Waals surface area contributed by atoms with Crippen molar-refractivity contribution in [1.29, 1.82) is 0 Å². The Hall–Kier alpha value is -1.86. The zero-order valence-electron chi connectivity index (χ0n) is 16.3. The molecule has 146 valence electrons. The third kappa shape index (κ3) is 7.17. The van der Waals surface area contributed by atoms with E-state index in [2.05, 4.69) is 45.4 Å². The van der Waals surface area contributed by atoms with E-state index in [-0.39, 0.29) is 0 Å². The molecule has 0 aliphatic carbocycles. The Kier molecular flexibility index (Phi) is 9.20. The minimum Gasteiger partial charge on any atom is -0.381 e. The molecule has 26 heavy (non-hydrogen) atoms. The van der Waals surface area contributed by atoms with Crippen LogP contribution in [0.15, 0.2) is 23.3 Å². The Morgan fingerprint density at radius 2 is 2.15 bits per heavy atom. The number of rotatable bonds is 9. The molecule has 1 saturated heterocycles. The van der Waals surface area contributed by atoms with Crippen LogP contribution in [-0.4, -0.2) is 64.1 Å². The van der Waals surface area contributed by atoms with Crippen molar-refractivity contribution in [3.8, 4) is 0 Å². The van der Waals surface area contributed by atoms with Crippen molar-refractivity contribution < 1.29 is 9.47 Å². The van der Waals surface area contributed by atoms with Crippen LogP contribution in [0.1, 0.15) is 25.8 Å². The molecule has 2 rings (SSSR count). The maximum Gasteiger partial charge on any atom is 0.191 e. The average molecular weight is 364 g/mol. The number of guanidine groups is 1. The molecule has 0 spiro atoms. The third-order valence-electron chi connectivity index (χ3n) is 4.06. The summed E-state index contributed by atoms with van der Waals surface area (Å²) >= 11 is 0. The summed E-state index contributed by atoms with van der Waals surface area (Å²) in [5.74, 6) is 2.41. The molecule has 2 N–H and O–H groups in total. The summed E-state index contributed by atoms with van der Waals surface area (Å²) in [5, 5.41) is 6.71. The van der Waals surface area contributed by atoms with E-state index < -0.39 is 0 Å². The molecular formula is C19H33N5O2. The predicted molar refractivity (Wildman–Crippen MR) is 106 cm³/mol. The predicted octanol–water partition coefficient (Wildman–Crippen LogP) is 1.65. The number of pyridine rings is 1. The third-order valence-corrected chi connectivity index (χ3v) is 4.06. The van der Waals surface area contributed by atoms with Crippen LogP contribution >= 0.6 is 0 Å². The molecule has 7 nitrogen and oxygen atoms in total. The van der Waals surface area contributed by atoms with Crippen LogP contribution in [0.25, 0.3) is 0 Å². The summed E-state index contributed by atoms with van der Waals surface area (Å²) in [6.45, 7) is 10.7. The Bertz CT molecular complexity index is 544. The summed E-state index contributed by atoms with van der Waals surface area (Å²) in [7, 11) is 1.79. The van der Waals surface area contributed by atoms with Crippen molar-refractivity contribution in [3.63, 3.8) is 0 Å². The molecule has 0 aromatic carbocycles. The fourth-order valence-corrected chi connectivity index (χ4v) is 2.73. The highest BCUT2D eigenvalue weighted by atomic mass is 16.5. The van der Waals surface area contributed by atoms with E-state index in [0.717, 1.165) is 69.8 Å². The lowest BCUT2D eigenvalue weighted by Gasteiger charge is -2.29. The molecule has 7 heteroatoms. The second-order valence-electron chi connectivity index (χ2n) is 6.76. The van der Waals surface area contributed by atoms with Gasteiger partial charge in [0.2, 0.25) is 0 Å².